The monoisotopic (exact) mass is 198 g/mol. The summed E-state index contributed by atoms with van der Waals surface area (Å²) in [4.78, 5) is 0. The van der Waals surface area contributed by atoms with Crippen molar-refractivity contribution < 1.29 is 5.11 Å². The molecule has 1 aliphatic rings. The van der Waals surface area contributed by atoms with E-state index in [1.165, 1.54) is 12.8 Å². The van der Waals surface area contributed by atoms with Gasteiger partial charge in [-0.05, 0) is 36.5 Å². The first-order chi connectivity index (χ1) is 6.26. The van der Waals surface area contributed by atoms with E-state index in [0.717, 1.165) is 12.8 Å². The van der Waals surface area contributed by atoms with Crippen LogP contribution in [0.5, 0.6) is 0 Å². The van der Waals surface area contributed by atoms with E-state index >= 15 is 0 Å². The van der Waals surface area contributed by atoms with Gasteiger partial charge in [0, 0.05) is 0 Å². The topological polar surface area (TPSA) is 20.2 Å². The third-order valence-electron chi connectivity index (χ3n) is 4.06. The van der Waals surface area contributed by atoms with Gasteiger partial charge in [-0.1, -0.05) is 41.0 Å². The molecule has 0 heterocycles. The standard InChI is InChI=1S/C13H26O/c1-10(2)13(14)8-6-7-11(9-13)12(3,4)5/h10-11,14H,6-9H2,1-5H3. The van der Waals surface area contributed by atoms with Crippen LogP contribution in [0.1, 0.15) is 60.3 Å². The Morgan fingerprint density at radius 1 is 1.29 bits per heavy atom. The van der Waals surface area contributed by atoms with Crippen LogP contribution in [-0.4, -0.2) is 10.7 Å². The van der Waals surface area contributed by atoms with Crippen LogP contribution < -0.4 is 0 Å². The third kappa shape index (κ3) is 2.50. The SMILES string of the molecule is CC(C)C1(O)CCCC(C(C)(C)C)C1. The molecule has 0 aliphatic heterocycles. The Morgan fingerprint density at radius 3 is 2.29 bits per heavy atom. The van der Waals surface area contributed by atoms with Crippen molar-refractivity contribution in [2.75, 3.05) is 0 Å². The molecular formula is C13H26O. The zero-order valence-electron chi connectivity index (χ0n) is 10.4. The molecule has 0 aromatic heterocycles. The Balaban J connectivity index is 2.69. The maximum Gasteiger partial charge on any atom is 0.0673 e. The van der Waals surface area contributed by atoms with E-state index in [2.05, 4.69) is 34.6 Å². The van der Waals surface area contributed by atoms with Crippen molar-refractivity contribution >= 4 is 0 Å². The van der Waals surface area contributed by atoms with Crippen LogP contribution in [0.2, 0.25) is 0 Å². The maximum atomic E-state index is 10.5. The van der Waals surface area contributed by atoms with Crippen LogP contribution in [0.3, 0.4) is 0 Å². The second-order valence-electron chi connectivity index (χ2n) is 6.42. The summed E-state index contributed by atoms with van der Waals surface area (Å²) in [5.41, 5.74) is -0.0422. The average molecular weight is 198 g/mol. The van der Waals surface area contributed by atoms with Crippen molar-refractivity contribution in [3.8, 4) is 0 Å². The highest BCUT2D eigenvalue weighted by Gasteiger charge is 2.40. The number of hydrogen-bond acceptors (Lipinski definition) is 1. The molecule has 0 spiro atoms. The molecule has 14 heavy (non-hydrogen) atoms. The quantitative estimate of drug-likeness (QED) is 0.682. The van der Waals surface area contributed by atoms with Crippen molar-refractivity contribution in [3.05, 3.63) is 0 Å². The maximum absolute atomic E-state index is 10.5. The van der Waals surface area contributed by atoms with Crippen molar-refractivity contribution in [1.29, 1.82) is 0 Å². The van der Waals surface area contributed by atoms with E-state index in [9.17, 15) is 5.11 Å². The molecule has 1 nitrogen and oxygen atoms in total. The fourth-order valence-electron chi connectivity index (χ4n) is 2.55. The Kier molecular flexibility index (Phi) is 3.30. The molecule has 0 saturated heterocycles. The van der Waals surface area contributed by atoms with E-state index in [-0.39, 0.29) is 0 Å². The van der Waals surface area contributed by atoms with E-state index in [0.29, 0.717) is 17.3 Å². The smallest absolute Gasteiger partial charge is 0.0673 e. The lowest BCUT2D eigenvalue weighted by Crippen LogP contribution is -2.43. The summed E-state index contributed by atoms with van der Waals surface area (Å²) >= 11 is 0. The Hall–Kier alpha value is -0.0400. The lowest BCUT2D eigenvalue weighted by Gasteiger charge is -2.44. The third-order valence-corrected chi connectivity index (χ3v) is 4.06. The van der Waals surface area contributed by atoms with Crippen molar-refractivity contribution in [2.24, 2.45) is 17.3 Å². The Labute approximate surface area is 88.9 Å². The van der Waals surface area contributed by atoms with Gasteiger partial charge in [0.25, 0.3) is 0 Å². The summed E-state index contributed by atoms with van der Waals surface area (Å²) in [6, 6.07) is 0. The summed E-state index contributed by atoms with van der Waals surface area (Å²) in [6.45, 7) is 11.2. The zero-order valence-corrected chi connectivity index (χ0v) is 10.4. The predicted octanol–water partition coefficient (Wildman–Crippen LogP) is 3.61. The van der Waals surface area contributed by atoms with Crippen LogP contribution in [0.25, 0.3) is 0 Å². The molecular weight excluding hydrogens is 172 g/mol. The van der Waals surface area contributed by atoms with E-state index in [1.807, 2.05) is 0 Å². The van der Waals surface area contributed by atoms with E-state index in [1.54, 1.807) is 0 Å². The molecule has 0 bridgehead atoms. The van der Waals surface area contributed by atoms with E-state index < -0.39 is 5.60 Å². The van der Waals surface area contributed by atoms with Gasteiger partial charge >= 0.3 is 0 Å². The van der Waals surface area contributed by atoms with Gasteiger partial charge in [-0.3, -0.25) is 0 Å². The number of aliphatic hydroxyl groups is 1. The van der Waals surface area contributed by atoms with Gasteiger partial charge in [0.1, 0.15) is 0 Å². The minimum Gasteiger partial charge on any atom is -0.390 e. The first kappa shape index (κ1) is 12.0. The highest BCUT2D eigenvalue weighted by Crippen LogP contribution is 2.44. The largest absolute Gasteiger partial charge is 0.390 e. The number of hydrogen-bond donors (Lipinski definition) is 1. The summed E-state index contributed by atoms with van der Waals surface area (Å²) in [6.07, 6.45) is 4.47. The fraction of sp³-hybridized carbons (Fsp3) is 1.00. The van der Waals surface area contributed by atoms with Crippen LogP contribution in [0.15, 0.2) is 0 Å². The van der Waals surface area contributed by atoms with Crippen molar-refractivity contribution in [3.63, 3.8) is 0 Å². The van der Waals surface area contributed by atoms with Crippen molar-refractivity contribution in [2.45, 2.75) is 65.9 Å². The second kappa shape index (κ2) is 3.84. The molecule has 1 aliphatic carbocycles. The molecule has 1 rings (SSSR count). The lowest BCUT2D eigenvalue weighted by molar-refractivity contribution is -0.0709. The molecule has 0 radical (unpaired) electrons. The fourth-order valence-corrected chi connectivity index (χ4v) is 2.55. The first-order valence-corrected chi connectivity index (χ1v) is 5.98. The molecule has 1 saturated carbocycles. The predicted molar refractivity (Wildman–Crippen MR) is 61.2 cm³/mol. The molecule has 1 fully saturated rings. The Morgan fingerprint density at radius 2 is 1.86 bits per heavy atom. The van der Waals surface area contributed by atoms with Crippen LogP contribution in [-0.2, 0) is 0 Å². The normalized spacial score (nSPS) is 34.9. The van der Waals surface area contributed by atoms with Gasteiger partial charge in [-0.25, -0.2) is 0 Å². The molecule has 1 heteroatoms. The van der Waals surface area contributed by atoms with Gasteiger partial charge in [0.05, 0.1) is 5.60 Å². The van der Waals surface area contributed by atoms with Crippen LogP contribution >= 0.6 is 0 Å². The summed E-state index contributed by atoms with van der Waals surface area (Å²) < 4.78 is 0. The molecule has 2 unspecified atom stereocenters. The van der Waals surface area contributed by atoms with Crippen molar-refractivity contribution in [1.82, 2.24) is 0 Å². The van der Waals surface area contributed by atoms with Gasteiger partial charge in [-0.15, -0.1) is 0 Å². The summed E-state index contributed by atoms with van der Waals surface area (Å²) in [7, 11) is 0. The molecule has 0 amide bonds. The minimum absolute atomic E-state index is 0.350. The zero-order chi connectivity index (χ0) is 11.0. The summed E-state index contributed by atoms with van der Waals surface area (Å²) in [5, 5.41) is 10.5. The van der Waals surface area contributed by atoms with Gasteiger partial charge in [-0.2, -0.15) is 0 Å². The molecule has 0 aromatic rings. The highest BCUT2D eigenvalue weighted by atomic mass is 16.3. The summed E-state index contributed by atoms with van der Waals surface area (Å²) in [5.74, 6) is 1.08. The molecule has 0 aromatic carbocycles. The molecule has 2 atom stereocenters. The van der Waals surface area contributed by atoms with Gasteiger partial charge in [0.2, 0.25) is 0 Å². The highest BCUT2D eigenvalue weighted by molar-refractivity contribution is 4.92. The second-order valence-corrected chi connectivity index (χ2v) is 6.42. The van der Waals surface area contributed by atoms with Gasteiger partial charge in [0.15, 0.2) is 0 Å². The van der Waals surface area contributed by atoms with Crippen LogP contribution in [0.4, 0.5) is 0 Å². The minimum atomic E-state index is -0.393. The number of rotatable bonds is 1. The Bertz CT molecular complexity index is 190. The average Bonchev–Trinajstić information content (AvgIpc) is 2.02. The molecule has 1 N–H and O–H groups in total. The first-order valence-electron chi connectivity index (χ1n) is 5.98. The van der Waals surface area contributed by atoms with Crippen LogP contribution in [0, 0.1) is 17.3 Å². The lowest BCUT2D eigenvalue weighted by atomic mass is 9.65. The van der Waals surface area contributed by atoms with Gasteiger partial charge < -0.3 is 5.11 Å². The molecule has 84 valence electrons. The van der Waals surface area contributed by atoms with E-state index in [4.69, 9.17) is 0 Å².